The summed E-state index contributed by atoms with van der Waals surface area (Å²) < 4.78 is 1.93. The van der Waals surface area contributed by atoms with E-state index in [1.165, 1.54) is 0 Å². The van der Waals surface area contributed by atoms with Crippen LogP contribution < -0.4 is 5.32 Å². The number of fused-ring (bicyclic) bond motifs is 1. The maximum Gasteiger partial charge on any atom is 0.229 e. The molecule has 4 rings (SSSR count). The van der Waals surface area contributed by atoms with Crippen molar-refractivity contribution in [3.8, 4) is 11.4 Å². The van der Waals surface area contributed by atoms with Gasteiger partial charge in [0.15, 0.2) is 0 Å². The van der Waals surface area contributed by atoms with Crippen LogP contribution in [0.3, 0.4) is 0 Å². The maximum atomic E-state index is 12.7. The molecule has 0 radical (unpaired) electrons. The third-order valence-electron chi connectivity index (χ3n) is 6.22. The molecule has 0 spiro atoms. The Labute approximate surface area is 152 Å². The van der Waals surface area contributed by atoms with Crippen molar-refractivity contribution in [3.05, 3.63) is 37.1 Å². The van der Waals surface area contributed by atoms with Crippen molar-refractivity contribution in [2.45, 2.75) is 27.7 Å². The van der Waals surface area contributed by atoms with Crippen LogP contribution in [0.1, 0.15) is 27.7 Å². The van der Waals surface area contributed by atoms with E-state index in [1.807, 2.05) is 23.7 Å². The molecule has 0 bridgehead atoms. The molecule has 1 amide bonds. The van der Waals surface area contributed by atoms with E-state index in [4.69, 9.17) is 0 Å². The van der Waals surface area contributed by atoms with Gasteiger partial charge in [-0.15, -0.1) is 0 Å². The third kappa shape index (κ3) is 2.40. The molecule has 3 aromatic heterocycles. The summed E-state index contributed by atoms with van der Waals surface area (Å²) in [6, 6.07) is 3.89. The van der Waals surface area contributed by atoms with Crippen molar-refractivity contribution in [1.29, 1.82) is 0 Å². The minimum absolute atomic E-state index is 0.00452. The number of hydrogen-bond donors (Lipinski definition) is 1. The van der Waals surface area contributed by atoms with Crippen LogP contribution in [0.15, 0.2) is 37.1 Å². The van der Waals surface area contributed by atoms with Crippen molar-refractivity contribution in [3.63, 3.8) is 0 Å². The lowest BCUT2D eigenvalue weighted by atomic mass is 10.0. The lowest BCUT2D eigenvalue weighted by Gasteiger charge is -2.08. The molecule has 0 aromatic carbocycles. The second-order valence-electron chi connectivity index (χ2n) is 8.24. The van der Waals surface area contributed by atoms with E-state index in [9.17, 15) is 4.79 Å². The van der Waals surface area contributed by atoms with Crippen molar-refractivity contribution in [1.82, 2.24) is 19.5 Å². The molecular formula is C20H23N5O. The van der Waals surface area contributed by atoms with Crippen molar-refractivity contribution in [2.24, 2.45) is 23.8 Å². The number of carbonyl (C=O) groups excluding carboxylic acids is 1. The van der Waals surface area contributed by atoms with E-state index in [1.54, 1.807) is 24.9 Å². The molecule has 1 N–H and O–H groups in total. The first kappa shape index (κ1) is 16.7. The Morgan fingerprint density at radius 3 is 2.35 bits per heavy atom. The Morgan fingerprint density at radius 1 is 1.04 bits per heavy atom. The summed E-state index contributed by atoms with van der Waals surface area (Å²) >= 11 is 0. The average Bonchev–Trinajstić information content (AvgIpc) is 2.86. The fraction of sp³-hybridized carbons (Fsp3) is 0.400. The highest BCUT2D eigenvalue weighted by atomic mass is 16.2. The Kier molecular flexibility index (Phi) is 3.45. The van der Waals surface area contributed by atoms with Crippen LogP contribution in [0.4, 0.5) is 5.82 Å². The number of carbonyl (C=O) groups is 1. The molecular weight excluding hydrogens is 326 g/mol. The van der Waals surface area contributed by atoms with Gasteiger partial charge in [-0.1, -0.05) is 27.7 Å². The highest BCUT2D eigenvalue weighted by Gasteiger charge is 2.68. The molecule has 3 heterocycles. The van der Waals surface area contributed by atoms with Gasteiger partial charge < -0.3 is 9.88 Å². The van der Waals surface area contributed by atoms with E-state index >= 15 is 0 Å². The summed E-state index contributed by atoms with van der Waals surface area (Å²) in [5, 5.41) is 4.90. The molecule has 134 valence electrons. The van der Waals surface area contributed by atoms with Crippen LogP contribution in [0, 0.1) is 16.7 Å². The minimum Gasteiger partial charge on any atom is -0.332 e. The Bertz CT molecular complexity index is 1000. The molecule has 1 saturated carbocycles. The number of aromatic nitrogens is 4. The van der Waals surface area contributed by atoms with E-state index in [-0.39, 0.29) is 22.7 Å². The monoisotopic (exact) mass is 349 g/mol. The predicted octanol–water partition coefficient (Wildman–Crippen LogP) is 3.65. The van der Waals surface area contributed by atoms with Gasteiger partial charge in [0.05, 0.1) is 23.9 Å². The summed E-state index contributed by atoms with van der Waals surface area (Å²) in [5.74, 6) is 0.603. The predicted molar refractivity (Wildman–Crippen MR) is 101 cm³/mol. The first-order chi connectivity index (χ1) is 12.2. The van der Waals surface area contributed by atoms with Crippen molar-refractivity contribution < 1.29 is 4.79 Å². The van der Waals surface area contributed by atoms with Crippen LogP contribution in [0.2, 0.25) is 0 Å². The van der Waals surface area contributed by atoms with Gasteiger partial charge in [0, 0.05) is 30.7 Å². The molecule has 6 nitrogen and oxygen atoms in total. The van der Waals surface area contributed by atoms with Crippen LogP contribution >= 0.6 is 0 Å². The lowest BCUT2D eigenvalue weighted by Crippen LogP contribution is -2.18. The van der Waals surface area contributed by atoms with Gasteiger partial charge in [-0.05, 0) is 28.3 Å². The van der Waals surface area contributed by atoms with E-state index in [2.05, 4.69) is 48.0 Å². The number of imidazole rings is 1. The first-order valence-corrected chi connectivity index (χ1v) is 8.75. The van der Waals surface area contributed by atoms with Crippen LogP contribution in [0.25, 0.3) is 22.2 Å². The van der Waals surface area contributed by atoms with Gasteiger partial charge in [-0.2, -0.15) is 0 Å². The summed E-state index contributed by atoms with van der Waals surface area (Å²) in [6.07, 6.45) is 7.07. The molecule has 1 fully saturated rings. The van der Waals surface area contributed by atoms with E-state index in [0.29, 0.717) is 5.82 Å². The number of amides is 1. The van der Waals surface area contributed by atoms with Crippen LogP contribution in [-0.4, -0.2) is 25.4 Å². The molecule has 0 atom stereocenters. The topological polar surface area (TPSA) is 72.7 Å². The Hall–Kier alpha value is -2.76. The molecule has 0 unspecified atom stereocenters. The molecule has 0 saturated heterocycles. The number of aryl methyl sites for hydroxylation is 1. The Balaban J connectivity index is 1.63. The van der Waals surface area contributed by atoms with Gasteiger partial charge in [0.1, 0.15) is 5.82 Å². The normalized spacial score (nSPS) is 18.0. The lowest BCUT2D eigenvalue weighted by molar-refractivity contribution is -0.118. The number of anilines is 1. The smallest absolute Gasteiger partial charge is 0.229 e. The first-order valence-electron chi connectivity index (χ1n) is 8.75. The summed E-state index contributed by atoms with van der Waals surface area (Å²) in [7, 11) is 1.94. The molecule has 1 aliphatic carbocycles. The average molecular weight is 349 g/mol. The minimum atomic E-state index is -0.00468. The maximum absolute atomic E-state index is 12.7. The van der Waals surface area contributed by atoms with Crippen molar-refractivity contribution in [2.75, 3.05) is 5.32 Å². The number of pyridine rings is 2. The highest BCUT2D eigenvalue weighted by molar-refractivity contribution is 5.97. The Morgan fingerprint density at radius 2 is 1.73 bits per heavy atom. The van der Waals surface area contributed by atoms with Crippen LogP contribution in [-0.2, 0) is 11.8 Å². The highest BCUT2D eigenvalue weighted by Crippen LogP contribution is 2.68. The number of nitrogens with zero attached hydrogens (tertiary/aromatic N) is 4. The van der Waals surface area contributed by atoms with E-state index < -0.39 is 0 Å². The fourth-order valence-electron chi connectivity index (χ4n) is 3.90. The number of rotatable bonds is 3. The SMILES string of the molecule is Cn1cncc1-c1cc2cc(NC(=O)C3C(C)(C)C3(C)C)ncc2cn1. The van der Waals surface area contributed by atoms with Gasteiger partial charge >= 0.3 is 0 Å². The quantitative estimate of drug-likeness (QED) is 0.783. The van der Waals surface area contributed by atoms with Gasteiger partial charge in [-0.3, -0.25) is 9.78 Å². The van der Waals surface area contributed by atoms with Crippen LogP contribution in [0.5, 0.6) is 0 Å². The fourth-order valence-corrected chi connectivity index (χ4v) is 3.90. The second kappa shape index (κ2) is 5.37. The molecule has 0 aliphatic heterocycles. The van der Waals surface area contributed by atoms with Gasteiger partial charge in [-0.25, -0.2) is 9.97 Å². The third-order valence-corrected chi connectivity index (χ3v) is 6.22. The van der Waals surface area contributed by atoms with Gasteiger partial charge in [0.25, 0.3) is 0 Å². The summed E-state index contributed by atoms with van der Waals surface area (Å²) in [5.41, 5.74) is 1.79. The van der Waals surface area contributed by atoms with E-state index in [0.717, 1.165) is 22.2 Å². The zero-order valence-corrected chi connectivity index (χ0v) is 15.7. The summed E-state index contributed by atoms with van der Waals surface area (Å²) in [6.45, 7) is 8.54. The summed E-state index contributed by atoms with van der Waals surface area (Å²) in [4.78, 5) is 25.7. The van der Waals surface area contributed by atoms with Crippen molar-refractivity contribution >= 4 is 22.5 Å². The molecule has 26 heavy (non-hydrogen) atoms. The largest absolute Gasteiger partial charge is 0.332 e. The zero-order chi connectivity index (χ0) is 18.7. The number of hydrogen-bond acceptors (Lipinski definition) is 4. The van der Waals surface area contributed by atoms with Gasteiger partial charge in [0.2, 0.25) is 5.91 Å². The standard InChI is InChI=1S/C20H23N5O/c1-19(2)17(20(19,3)4)18(26)24-16-7-12-6-14(15-10-21-11-25(15)5)22-8-13(12)9-23-16/h6-11,17H,1-5H3,(H,23,24,26). The molecule has 3 aromatic rings. The molecule has 1 aliphatic rings. The molecule has 6 heteroatoms. The zero-order valence-electron chi connectivity index (χ0n) is 15.7. The second-order valence-corrected chi connectivity index (χ2v) is 8.24. The number of nitrogens with one attached hydrogen (secondary N) is 1.